The summed E-state index contributed by atoms with van der Waals surface area (Å²) < 4.78 is 0.655. The van der Waals surface area contributed by atoms with Gasteiger partial charge >= 0.3 is 0 Å². The fourth-order valence-corrected chi connectivity index (χ4v) is 1.40. The van der Waals surface area contributed by atoms with Crippen LogP contribution in [0.5, 0.6) is 0 Å². The number of amides is 2. The van der Waals surface area contributed by atoms with E-state index in [9.17, 15) is 9.59 Å². The molecule has 2 amide bonds. The predicted octanol–water partition coefficient (Wildman–Crippen LogP) is 1.45. The largest absolute Gasteiger partial charge is 0.272 e. The summed E-state index contributed by atoms with van der Waals surface area (Å²) in [6, 6.07) is 6.88. The summed E-state index contributed by atoms with van der Waals surface area (Å²) in [5.41, 5.74) is 4.84. The zero-order valence-electron chi connectivity index (χ0n) is 7.59. The Morgan fingerprint density at radius 2 is 1.93 bits per heavy atom. The molecule has 4 nitrogen and oxygen atoms in total. The van der Waals surface area contributed by atoms with Crippen molar-refractivity contribution in [2.45, 2.75) is 0 Å². The number of hydrogen-bond donors (Lipinski definition) is 2. The van der Waals surface area contributed by atoms with Gasteiger partial charge in [-0.1, -0.05) is 12.1 Å². The second kappa shape index (κ2) is 5.72. The molecule has 0 aromatic heterocycles. The van der Waals surface area contributed by atoms with E-state index in [1.54, 1.807) is 24.3 Å². The average Bonchev–Trinajstić information content (AvgIpc) is 2.26. The minimum Gasteiger partial charge on any atom is -0.272 e. The van der Waals surface area contributed by atoms with Gasteiger partial charge in [-0.3, -0.25) is 20.4 Å². The topological polar surface area (TPSA) is 58.2 Å². The molecule has 80 valence electrons. The molecule has 0 aliphatic rings. The molecule has 6 heteroatoms. The van der Waals surface area contributed by atoms with Crippen molar-refractivity contribution in [2.24, 2.45) is 0 Å². The van der Waals surface area contributed by atoms with Gasteiger partial charge in [0, 0.05) is 4.47 Å². The second-order valence-electron chi connectivity index (χ2n) is 2.62. The van der Waals surface area contributed by atoms with E-state index < -0.39 is 11.8 Å². The monoisotopic (exact) mass is 290 g/mol. The number of benzene rings is 1. The maximum atomic E-state index is 11.5. The van der Waals surface area contributed by atoms with E-state index in [1.807, 2.05) is 0 Å². The molecule has 1 aromatic rings. The third-order valence-electron chi connectivity index (χ3n) is 1.56. The first-order valence-corrected chi connectivity index (χ1v) is 5.37. The molecule has 0 aliphatic carbocycles. The Kier molecular flexibility index (Phi) is 4.58. The third-order valence-corrected chi connectivity index (χ3v) is 2.49. The smallest absolute Gasteiger partial charge is 0.270 e. The van der Waals surface area contributed by atoms with Crippen molar-refractivity contribution in [1.82, 2.24) is 10.9 Å². The number of hydrazine groups is 1. The maximum Gasteiger partial charge on any atom is 0.270 e. The predicted molar refractivity (Wildman–Crippen MR) is 60.5 cm³/mol. The van der Waals surface area contributed by atoms with Crippen LogP contribution in [-0.4, -0.2) is 17.7 Å². The highest BCUT2D eigenvalue weighted by atomic mass is 79.9. The lowest BCUT2D eigenvalue weighted by Crippen LogP contribution is -2.42. The highest BCUT2D eigenvalue weighted by Crippen LogP contribution is 2.14. The van der Waals surface area contributed by atoms with Crippen LogP contribution < -0.4 is 10.9 Å². The molecule has 0 saturated heterocycles. The van der Waals surface area contributed by atoms with E-state index in [1.165, 1.54) is 0 Å². The molecule has 0 spiro atoms. The molecule has 2 N–H and O–H groups in total. The van der Waals surface area contributed by atoms with E-state index in [4.69, 9.17) is 11.6 Å². The van der Waals surface area contributed by atoms with Crippen molar-refractivity contribution in [3.63, 3.8) is 0 Å². The molecule has 0 atom stereocenters. The summed E-state index contributed by atoms with van der Waals surface area (Å²) in [6.45, 7) is 0. The number of rotatable bonds is 2. The van der Waals surface area contributed by atoms with Gasteiger partial charge in [-0.25, -0.2) is 0 Å². The number of hydrogen-bond acceptors (Lipinski definition) is 2. The summed E-state index contributed by atoms with van der Waals surface area (Å²) in [5, 5.41) is 0. The molecular formula is C9H8BrClN2O2. The van der Waals surface area contributed by atoms with Crippen molar-refractivity contribution < 1.29 is 9.59 Å². The first-order chi connectivity index (χ1) is 7.15. The Morgan fingerprint density at radius 3 is 2.53 bits per heavy atom. The van der Waals surface area contributed by atoms with Crippen molar-refractivity contribution in [1.29, 1.82) is 0 Å². The second-order valence-corrected chi connectivity index (χ2v) is 3.74. The molecule has 1 aromatic carbocycles. The molecule has 15 heavy (non-hydrogen) atoms. The first kappa shape index (κ1) is 12.0. The number of alkyl halides is 1. The van der Waals surface area contributed by atoms with Gasteiger partial charge in [0.05, 0.1) is 5.56 Å². The summed E-state index contributed by atoms with van der Waals surface area (Å²) in [6.07, 6.45) is 0. The molecular weight excluding hydrogens is 283 g/mol. The summed E-state index contributed by atoms with van der Waals surface area (Å²) in [5.74, 6) is -1.06. The molecule has 0 radical (unpaired) electrons. The van der Waals surface area contributed by atoms with Gasteiger partial charge in [-0.2, -0.15) is 0 Å². The van der Waals surface area contributed by atoms with Crippen LogP contribution in [0.4, 0.5) is 0 Å². The summed E-state index contributed by atoms with van der Waals surface area (Å²) >= 11 is 8.46. The van der Waals surface area contributed by atoms with Gasteiger partial charge in [-0.05, 0) is 28.1 Å². The van der Waals surface area contributed by atoms with Crippen molar-refractivity contribution in [2.75, 3.05) is 5.88 Å². The Hall–Kier alpha value is -1.07. The normalized spacial score (nSPS) is 9.47. The zero-order chi connectivity index (χ0) is 11.3. The first-order valence-electron chi connectivity index (χ1n) is 4.05. The molecule has 0 saturated carbocycles. The number of carbonyl (C=O) groups is 2. The van der Waals surface area contributed by atoms with Crippen molar-refractivity contribution in [3.05, 3.63) is 34.3 Å². The Bertz CT molecular complexity index is 384. The number of halogens is 2. The van der Waals surface area contributed by atoms with E-state index >= 15 is 0 Å². The fraction of sp³-hybridized carbons (Fsp3) is 0.111. The van der Waals surface area contributed by atoms with E-state index in [0.717, 1.165) is 0 Å². The quantitative estimate of drug-likeness (QED) is 0.640. The van der Waals surface area contributed by atoms with E-state index in [-0.39, 0.29) is 5.88 Å². The van der Waals surface area contributed by atoms with Crippen molar-refractivity contribution in [3.8, 4) is 0 Å². The zero-order valence-corrected chi connectivity index (χ0v) is 9.93. The molecule has 0 heterocycles. The Balaban J connectivity index is 2.62. The van der Waals surface area contributed by atoms with Crippen LogP contribution >= 0.6 is 27.5 Å². The van der Waals surface area contributed by atoms with E-state index in [0.29, 0.717) is 10.0 Å². The van der Waals surface area contributed by atoms with Crippen molar-refractivity contribution >= 4 is 39.3 Å². The Labute approximate surface area is 100 Å². The van der Waals surface area contributed by atoms with Gasteiger partial charge in [-0.15, -0.1) is 11.6 Å². The number of nitrogens with one attached hydrogen (secondary N) is 2. The lowest BCUT2D eigenvalue weighted by atomic mass is 10.2. The average molecular weight is 292 g/mol. The summed E-state index contributed by atoms with van der Waals surface area (Å²) in [7, 11) is 0. The van der Waals surface area contributed by atoms with Crippen LogP contribution in [0, 0.1) is 0 Å². The maximum absolute atomic E-state index is 11.5. The third kappa shape index (κ3) is 3.53. The SMILES string of the molecule is O=C(CCl)NNC(=O)c1ccccc1Br. The minimum atomic E-state index is -0.461. The molecule has 0 bridgehead atoms. The highest BCUT2D eigenvalue weighted by Gasteiger charge is 2.09. The van der Waals surface area contributed by atoms with Gasteiger partial charge in [0.2, 0.25) is 0 Å². The highest BCUT2D eigenvalue weighted by molar-refractivity contribution is 9.10. The molecule has 0 unspecified atom stereocenters. The van der Waals surface area contributed by atoms with Gasteiger partial charge in [0.1, 0.15) is 5.88 Å². The minimum absolute atomic E-state index is 0.198. The van der Waals surface area contributed by atoms with Crippen LogP contribution in [0.25, 0.3) is 0 Å². The molecule has 1 rings (SSSR count). The van der Waals surface area contributed by atoms with Gasteiger partial charge in [0.25, 0.3) is 11.8 Å². The molecule has 0 fully saturated rings. The number of carbonyl (C=O) groups excluding carboxylic acids is 2. The van der Waals surface area contributed by atoms with Crippen LogP contribution in [0.1, 0.15) is 10.4 Å². The van der Waals surface area contributed by atoms with Gasteiger partial charge < -0.3 is 0 Å². The fourth-order valence-electron chi connectivity index (χ4n) is 0.873. The van der Waals surface area contributed by atoms with Crippen LogP contribution in [0.3, 0.4) is 0 Å². The van der Waals surface area contributed by atoms with E-state index in [2.05, 4.69) is 26.8 Å². The van der Waals surface area contributed by atoms with Crippen LogP contribution in [-0.2, 0) is 4.79 Å². The summed E-state index contributed by atoms with van der Waals surface area (Å²) in [4.78, 5) is 22.2. The standard InChI is InChI=1S/C9H8BrClN2O2/c10-7-4-2-1-3-6(7)9(15)13-12-8(14)5-11/h1-4H,5H2,(H,12,14)(H,13,15). The molecule has 0 aliphatic heterocycles. The lowest BCUT2D eigenvalue weighted by Gasteiger charge is -2.06. The lowest BCUT2D eigenvalue weighted by molar-refractivity contribution is -0.119. The van der Waals surface area contributed by atoms with Crippen LogP contribution in [0.15, 0.2) is 28.7 Å². The Morgan fingerprint density at radius 1 is 1.27 bits per heavy atom. The van der Waals surface area contributed by atoms with Crippen LogP contribution in [0.2, 0.25) is 0 Å². The van der Waals surface area contributed by atoms with Gasteiger partial charge in [0.15, 0.2) is 0 Å².